The van der Waals surface area contributed by atoms with Crippen LogP contribution in [0.25, 0.3) is 0 Å². The number of esters is 2. The van der Waals surface area contributed by atoms with Gasteiger partial charge in [0.05, 0.1) is 12.8 Å². The third kappa shape index (κ3) is 1.22. The van der Waals surface area contributed by atoms with Crippen molar-refractivity contribution in [2.24, 2.45) is 0 Å². The molecule has 8 heteroatoms. The Morgan fingerprint density at radius 3 is 1.50 bits per heavy atom. The topological polar surface area (TPSA) is 103 Å². The standard InChI is InChI=1S/C14H14O8/c15-9(17-7-3-5-11-13(7,19-11)20-11)1-2-10(16)18-8-4-6-12-14(8,21-12)22-12/h7-8H,1-6H2. The van der Waals surface area contributed by atoms with E-state index in [0.29, 0.717) is 0 Å². The van der Waals surface area contributed by atoms with Gasteiger partial charge in [-0.3, -0.25) is 9.59 Å². The molecular formula is C14H14O8. The van der Waals surface area contributed by atoms with Crippen molar-refractivity contribution in [2.45, 2.75) is 73.9 Å². The number of carbonyl (C=O) groups excluding carboxylic acids is 2. The summed E-state index contributed by atoms with van der Waals surface area (Å²) in [4.78, 5) is 23.6. The van der Waals surface area contributed by atoms with Crippen LogP contribution in [0, 0.1) is 0 Å². The lowest BCUT2D eigenvalue weighted by Crippen LogP contribution is -2.30. The van der Waals surface area contributed by atoms with E-state index in [1.54, 1.807) is 0 Å². The van der Waals surface area contributed by atoms with Crippen molar-refractivity contribution in [3.05, 3.63) is 0 Å². The van der Waals surface area contributed by atoms with Crippen LogP contribution in [-0.2, 0) is 38.0 Å². The molecule has 4 aliphatic heterocycles. The Hall–Kier alpha value is -1.22. The average molecular weight is 310 g/mol. The maximum absolute atomic E-state index is 11.8. The van der Waals surface area contributed by atoms with Crippen LogP contribution in [0.3, 0.4) is 0 Å². The molecule has 2 saturated carbocycles. The van der Waals surface area contributed by atoms with Gasteiger partial charge in [0.25, 0.3) is 11.6 Å². The highest BCUT2D eigenvalue weighted by Gasteiger charge is 2.98. The molecule has 2 aliphatic carbocycles. The summed E-state index contributed by atoms with van der Waals surface area (Å²) in [6.07, 6.45) is 2.32. The van der Waals surface area contributed by atoms with Gasteiger partial charge in [-0.2, -0.15) is 0 Å². The molecule has 6 aliphatic rings. The van der Waals surface area contributed by atoms with Crippen LogP contribution in [0.1, 0.15) is 38.5 Å². The Morgan fingerprint density at radius 2 is 1.23 bits per heavy atom. The molecule has 0 radical (unpaired) electrons. The van der Waals surface area contributed by atoms with Crippen molar-refractivity contribution in [3.63, 3.8) is 0 Å². The van der Waals surface area contributed by atoms with E-state index in [1.165, 1.54) is 0 Å². The second-order valence-electron chi connectivity index (χ2n) is 6.78. The summed E-state index contributed by atoms with van der Waals surface area (Å²) >= 11 is 0. The number of hydrogen-bond acceptors (Lipinski definition) is 8. The number of epoxide rings is 4. The van der Waals surface area contributed by atoms with Gasteiger partial charge < -0.3 is 28.4 Å². The van der Waals surface area contributed by atoms with Crippen molar-refractivity contribution < 1.29 is 38.0 Å². The minimum absolute atomic E-state index is 0.00894. The number of ether oxygens (including phenoxy) is 6. The first-order valence-corrected chi connectivity index (χ1v) is 7.73. The first-order chi connectivity index (χ1) is 10.5. The average Bonchev–Trinajstić information content (AvgIpc) is 3.37. The van der Waals surface area contributed by atoms with Gasteiger partial charge in [-0.05, 0) is 12.8 Å². The van der Waals surface area contributed by atoms with E-state index in [1.807, 2.05) is 0 Å². The van der Waals surface area contributed by atoms with Crippen molar-refractivity contribution in [3.8, 4) is 0 Å². The molecule has 0 spiro atoms. The van der Waals surface area contributed by atoms with E-state index in [9.17, 15) is 9.59 Å². The lowest BCUT2D eigenvalue weighted by atomic mass is 10.2. The number of rotatable bonds is 5. The molecule has 4 saturated heterocycles. The summed E-state index contributed by atoms with van der Waals surface area (Å²) in [5.74, 6) is -3.05. The van der Waals surface area contributed by atoms with E-state index in [4.69, 9.17) is 28.4 Å². The summed E-state index contributed by atoms with van der Waals surface area (Å²) in [5.41, 5.74) is 0. The van der Waals surface area contributed by atoms with E-state index in [2.05, 4.69) is 0 Å². The maximum Gasteiger partial charge on any atom is 0.306 e. The van der Waals surface area contributed by atoms with E-state index >= 15 is 0 Å². The fourth-order valence-electron chi connectivity index (χ4n) is 4.13. The Kier molecular flexibility index (Phi) is 1.77. The van der Waals surface area contributed by atoms with E-state index in [-0.39, 0.29) is 25.0 Å². The van der Waals surface area contributed by atoms with Gasteiger partial charge >= 0.3 is 11.9 Å². The normalized spacial score (nSPS) is 57.1. The van der Waals surface area contributed by atoms with Crippen molar-refractivity contribution >= 4 is 11.9 Å². The van der Waals surface area contributed by atoms with Crippen molar-refractivity contribution in [2.75, 3.05) is 0 Å². The van der Waals surface area contributed by atoms with Gasteiger partial charge in [-0.25, -0.2) is 0 Å². The zero-order valence-corrected chi connectivity index (χ0v) is 11.7. The van der Waals surface area contributed by atoms with Crippen LogP contribution in [0.15, 0.2) is 0 Å². The van der Waals surface area contributed by atoms with Crippen molar-refractivity contribution in [1.29, 1.82) is 0 Å². The lowest BCUT2D eigenvalue weighted by Gasteiger charge is -2.19. The van der Waals surface area contributed by atoms with Crippen LogP contribution < -0.4 is 0 Å². The quantitative estimate of drug-likeness (QED) is 0.520. The molecule has 8 nitrogen and oxygen atoms in total. The minimum Gasteiger partial charge on any atom is -0.456 e. The minimum atomic E-state index is -0.651. The predicted octanol–water partition coefficient (Wildman–Crippen LogP) is 0.0838. The molecule has 0 N–H and O–H groups in total. The summed E-state index contributed by atoms with van der Waals surface area (Å²) in [5, 5.41) is 0. The second-order valence-corrected chi connectivity index (χ2v) is 6.78. The zero-order valence-electron chi connectivity index (χ0n) is 11.7. The van der Waals surface area contributed by atoms with Crippen LogP contribution in [-0.4, -0.2) is 47.3 Å². The van der Waals surface area contributed by atoms with E-state index in [0.717, 1.165) is 25.7 Å². The third-order valence-corrected chi connectivity index (χ3v) is 5.56. The largest absolute Gasteiger partial charge is 0.456 e. The van der Waals surface area contributed by atoms with Gasteiger partial charge in [0.15, 0.2) is 12.2 Å². The van der Waals surface area contributed by atoms with Crippen molar-refractivity contribution in [1.82, 2.24) is 0 Å². The molecule has 2 atom stereocenters. The van der Waals surface area contributed by atoms with Gasteiger partial charge in [0.2, 0.25) is 11.6 Å². The highest BCUT2D eigenvalue weighted by Crippen LogP contribution is 2.77. The Labute approximate surface area is 124 Å². The predicted molar refractivity (Wildman–Crippen MR) is 62.7 cm³/mol. The zero-order chi connectivity index (χ0) is 14.8. The van der Waals surface area contributed by atoms with Crippen LogP contribution in [0.4, 0.5) is 0 Å². The lowest BCUT2D eigenvalue weighted by molar-refractivity contribution is -0.192. The van der Waals surface area contributed by atoms with Gasteiger partial charge in [0.1, 0.15) is 0 Å². The highest BCUT2D eigenvalue weighted by molar-refractivity contribution is 5.78. The Balaban J connectivity index is 0.984. The second kappa shape index (κ2) is 3.19. The van der Waals surface area contributed by atoms with Crippen LogP contribution in [0.5, 0.6) is 0 Å². The summed E-state index contributed by atoms with van der Waals surface area (Å²) in [7, 11) is 0. The molecule has 6 rings (SSSR count). The number of hydrogen-bond donors (Lipinski definition) is 0. The molecule has 0 aromatic carbocycles. The molecule has 118 valence electrons. The SMILES string of the molecule is O=C(CCC(=O)OC1CCC23OC12O3)OC1CCC23OC12O3. The maximum atomic E-state index is 11.8. The highest BCUT2D eigenvalue weighted by atomic mass is 17.1. The molecule has 22 heavy (non-hydrogen) atoms. The molecule has 0 aromatic rings. The fraction of sp³-hybridized carbons (Fsp3) is 0.857. The van der Waals surface area contributed by atoms with Gasteiger partial charge in [-0.1, -0.05) is 0 Å². The van der Waals surface area contributed by atoms with Crippen LogP contribution in [0.2, 0.25) is 0 Å². The van der Waals surface area contributed by atoms with Crippen LogP contribution >= 0.6 is 0 Å². The summed E-state index contributed by atoms with van der Waals surface area (Å²) in [6, 6.07) is 0. The van der Waals surface area contributed by atoms with Gasteiger partial charge in [0, 0.05) is 12.8 Å². The van der Waals surface area contributed by atoms with E-state index < -0.39 is 35.1 Å². The Bertz CT molecular complexity index is 560. The molecule has 2 unspecified atom stereocenters. The first-order valence-electron chi connectivity index (χ1n) is 7.73. The monoisotopic (exact) mass is 310 g/mol. The fourth-order valence-corrected chi connectivity index (χ4v) is 4.13. The number of carbonyl (C=O) groups is 2. The molecule has 0 aromatic heterocycles. The smallest absolute Gasteiger partial charge is 0.306 e. The molecule has 0 bridgehead atoms. The molecule has 4 heterocycles. The molecule has 6 fully saturated rings. The first kappa shape index (κ1) is 12.2. The Morgan fingerprint density at radius 1 is 0.818 bits per heavy atom. The third-order valence-electron chi connectivity index (χ3n) is 5.56. The van der Waals surface area contributed by atoms with Gasteiger partial charge in [-0.15, -0.1) is 0 Å². The molecular weight excluding hydrogens is 296 g/mol. The molecule has 0 amide bonds. The summed E-state index contributed by atoms with van der Waals surface area (Å²) in [6.45, 7) is 0. The summed E-state index contributed by atoms with van der Waals surface area (Å²) < 4.78 is 32.1.